The van der Waals surface area contributed by atoms with Gasteiger partial charge in [-0.25, -0.2) is 18.1 Å². The number of hydrogen-bond donors (Lipinski definition) is 1. The Labute approximate surface area is 175 Å². The minimum atomic E-state index is -3.29. The Balaban J connectivity index is 1.88. The zero-order chi connectivity index (χ0) is 21.9. The molecular formula is C19H25N5O5S. The molecule has 1 N–H and O–H groups in total. The number of nitro benzene ring substituents is 1. The average molecular weight is 436 g/mol. The summed E-state index contributed by atoms with van der Waals surface area (Å²) in [5.74, 6) is -0.176. The molecule has 1 aromatic heterocycles. The summed E-state index contributed by atoms with van der Waals surface area (Å²) >= 11 is 0. The highest BCUT2D eigenvalue weighted by molar-refractivity contribution is 7.88. The summed E-state index contributed by atoms with van der Waals surface area (Å²) in [6.45, 7) is 0.903. The van der Waals surface area contributed by atoms with Crippen LogP contribution in [0.15, 0.2) is 30.6 Å². The molecule has 0 saturated carbocycles. The third kappa shape index (κ3) is 5.03. The number of nitrogens with one attached hydrogen (secondary N) is 1. The van der Waals surface area contributed by atoms with Crippen molar-refractivity contribution in [2.45, 2.75) is 31.7 Å². The normalized spacial score (nSPS) is 17.1. The van der Waals surface area contributed by atoms with Crippen LogP contribution in [-0.4, -0.2) is 54.1 Å². The lowest BCUT2D eigenvalue weighted by molar-refractivity contribution is -0.384. The zero-order valence-corrected chi connectivity index (χ0v) is 17.8. The van der Waals surface area contributed by atoms with Gasteiger partial charge in [0.25, 0.3) is 5.69 Å². The van der Waals surface area contributed by atoms with E-state index in [-0.39, 0.29) is 35.4 Å². The Morgan fingerprint density at radius 2 is 2.13 bits per heavy atom. The number of sulfonamides is 1. The van der Waals surface area contributed by atoms with Crippen molar-refractivity contribution in [3.8, 4) is 0 Å². The standard InChI is InChI=1S/C19H25N5O5S/c1-22-12-10-20-19(22)18(25)14-6-7-16(17(13-14)24(26)27)23-11-4-3-5-15(23)8-9-21-30(2,28)29/h6-7,10,12-13,15,21H,3-5,8-9,11H2,1-2H3/t15-/m1/s1. The average Bonchev–Trinajstić information content (AvgIpc) is 3.12. The van der Waals surface area contributed by atoms with Gasteiger partial charge in [-0.15, -0.1) is 0 Å². The lowest BCUT2D eigenvalue weighted by atomic mass is 9.97. The summed E-state index contributed by atoms with van der Waals surface area (Å²) in [5.41, 5.74) is 0.505. The number of hydrogen-bond acceptors (Lipinski definition) is 7. The van der Waals surface area contributed by atoms with Gasteiger partial charge in [-0.1, -0.05) is 0 Å². The first-order valence-corrected chi connectivity index (χ1v) is 11.6. The first kappa shape index (κ1) is 21.9. The number of carbonyl (C=O) groups excluding carboxylic acids is 1. The van der Waals surface area contributed by atoms with Crippen molar-refractivity contribution in [2.75, 3.05) is 24.2 Å². The fraction of sp³-hybridized carbons (Fsp3) is 0.474. The molecule has 30 heavy (non-hydrogen) atoms. The van der Waals surface area contributed by atoms with E-state index in [1.54, 1.807) is 29.9 Å². The highest BCUT2D eigenvalue weighted by atomic mass is 32.2. The molecule has 1 atom stereocenters. The highest BCUT2D eigenvalue weighted by Gasteiger charge is 2.29. The summed E-state index contributed by atoms with van der Waals surface area (Å²) < 4.78 is 26.7. The first-order valence-electron chi connectivity index (χ1n) is 9.69. The van der Waals surface area contributed by atoms with Crippen molar-refractivity contribution in [2.24, 2.45) is 7.05 Å². The Morgan fingerprint density at radius 3 is 2.77 bits per heavy atom. The lowest BCUT2D eigenvalue weighted by Gasteiger charge is -2.37. The second-order valence-corrected chi connectivity index (χ2v) is 9.28. The van der Waals surface area contributed by atoms with Crippen molar-refractivity contribution >= 4 is 27.2 Å². The van der Waals surface area contributed by atoms with Crippen LogP contribution in [0.25, 0.3) is 0 Å². The summed E-state index contributed by atoms with van der Waals surface area (Å²) in [4.78, 5) is 30.0. The number of imidazole rings is 1. The predicted octanol–water partition coefficient (Wildman–Crippen LogP) is 1.86. The summed E-state index contributed by atoms with van der Waals surface area (Å²) in [6, 6.07) is 4.46. The summed E-state index contributed by atoms with van der Waals surface area (Å²) in [6.07, 6.45) is 7.46. The van der Waals surface area contributed by atoms with Crippen LogP contribution in [0, 0.1) is 10.1 Å². The van der Waals surface area contributed by atoms with Gasteiger partial charge in [0.05, 0.1) is 11.2 Å². The second kappa shape index (κ2) is 8.92. The minimum absolute atomic E-state index is 0.0252. The predicted molar refractivity (Wildman–Crippen MR) is 112 cm³/mol. The molecule has 11 heteroatoms. The number of piperidine rings is 1. The van der Waals surface area contributed by atoms with Crippen LogP contribution < -0.4 is 9.62 Å². The maximum Gasteiger partial charge on any atom is 0.293 e. The van der Waals surface area contributed by atoms with Gasteiger partial charge in [-0.2, -0.15) is 0 Å². The quantitative estimate of drug-likeness (QED) is 0.381. The van der Waals surface area contributed by atoms with Gasteiger partial charge in [0, 0.05) is 50.2 Å². The third-order valence-electron chi connectivity index (χ3n) is 5.24. The number of nitrogens with zero attached hydrogens (tertiary/aromatic N) is 4. The summed E-state index contributed by atoms with van der Waals surface area (Å²) in [7, 11) is -1.60. The largest absolute Gasteiger partial charge is 0.363 e. The third-order valence-corrected chi connectivity index (χ3v) is 5.97. The molecule has 2 aromatic rings. The van der Waals surface area contributed by atoms with Crippen LogP contribution in [-0.2, 0) is 17.1 Å². The molecule has 0 bridgehead atoms. The molecule has 1 aliphatic rings. The van der Waals surface area contributed by atoms with Crippen molar-refractivity contribution < 1.29 is 18.1 Å². The monoisotopic (exact) mass is 435 g/mol. The van der Waals surface area contributed by atoms with Gasteiger partial charge in [0.2, 0.25) is 15.8 Å². The van der Waals surface area contributed by atoms with Gasteiger partial charge >= 0.3 is 0 Å². The maximum absolute atomic E-state index is 12.7. The fourth-order valence-electron chi connectivity index (χ4n) is 3.80. The van der Waals surface area contributed by atoms with Crippen molar-refractivity contribution in [3.63, 3.8) is 0 Å². The number of carbonyl (C=O) groups is 1. The molecule has 3 rings (SSSR count). The van der Waals surface area contributed by atoms with Gasteiger partial charge in [0.1, 0.15) is 5.69 Å². The van der Waals surface area contributed by atoms with Gasteiger partial charge in [-0.05, 0) is 37.8 Å². The molecule has 1 fully saturated rings. The van der Waals surface area contributed by atoms with E-state index >= 15 is 0 Å². The van der Waals surface area contributed by atoms with Crippen LogP contribution in [0.3, 0.4) is 0 Å². The molecule has 0 amide bonds. The summed E-state index contributed by atoms with van der Waals surface area (Å²) in [5, 5.41) is 11.8. The zero-order valence-electron chi connectivity index (χ0n) is 16.9. The molecule has 0 spiro atoms. The fourth-order valence-corrected chi connectivity index (χ4v) is 4.28. The molecule has 0 radical (unpaired) electrons. The number of benzene rings is 1. The second-order valence-electron chi connectivity index (χ2n) is 7.45. The van der Waals surface area contributed by atoms with Crippen molar-refractivity contribution in [1.82, 2.24) is 14.3 Å². The Bertz CT molecular complexity index is 1050. The molecule has 10 nitrogen and oxygen atoms in total. The van der Waals surface area contributed by atoms with E-state index in [0.717, 1.165) is 25.5 Å². The van der Waals surface area contributed by atoms with E-state index in [1.165, 1.54) is 12.3 Å². The molecular weight excluding hydrogens is 410 g/mol. The number of nitro groups is 1. The molecule has 1 aromatic carbocycles. The van der Waals surface area contributed by atoms with Gasteiger partial charge in [-0.3, -0.25) is 14.9 Å². The molecule has 1 saturated heterocycles. The maximum atomic E-state index is 12.7. The molecule has 2 heterocycles. The minimum Gasteiger partial charge on any atom is -0.363 e. The van der Waals surface area contributed by atoms with E-state index in [1.807, 2.05) is 4.90 Å². The van der Waals surface area contributed by atoms with E-state index in [0.29, 0.717) is 18.7 Å². The number of aromatic nitrogens is 2. The van der Waals surface area contributed by atoms with E-state index in [4.69, 9.17) is 0 Å². The van der Waals surface area contributed by atoms with Gasteiger partial charge < -0.3 is 9.47 Å². The topological polar surface area (TPSA) is 127 Å². The highest BCUT2D eigenvalue weighted by Crippen LogP contribution is 2.35. The molecule has 0 aliphatic carbocycles. The van der Waals surface area contributed by atoms with Crippen LogP contribution in [0.5, 0.6) is 0 Å². The van der Waals surface area contributed by atoms with E-state index in [9.17, 15) is 23.3 Å². The van der Waals surface area contributed by atoms with Crippen molar-refractivity contribution in [1.29, 1.82) is 0 Å². The van der Waals surface area contributed by atoms with Gasteiger partial charge in [0.15, 0.2) is 5.82 Å². The molecule has 162 valence electrons. The van der Waals surface area contributed by atoms with Crippen LogP contribution >= 0.6 is 0 Å². The first-order chi connectivity index (χ1) is 14.2. The Kier molecular flexibility index (Phi) is 6.52. The van der Waals surface area contributed by atoms with E-state index < -0.39 is 14.9 Å². The number of anilines is 1. The van der Waals surface area contributed by atoms with Crippen LogP contribution in [0.4, 0.5) is 11.4 Å². The number of aryl methyl sites for hydroxylation is 1. The van der Waals surface area contributed by atoms with E-state index in [2.05, 4.69) is 9.71 Å². The van der Waals surface area contributed by atoms with Crippen LogP contribution in [0.2, 0.25) is 0 Å². The smallest absolute Gasteiger partial charge is 0.293 e. The number of rotatable bonds is 8. The van der Waals surface area contributed by atoms with Crippen LogP contribution in [0.1, 0.15) is 41.9 Å². The van der Waals surface area contributed by atoms with Crippen molar-refractivity contribution in [3.05, 3.63) is 52.1 Å². The lowest BCUT2D eigenvalue weighted by Crippen LogP contribution is -2.42. The SMILES string of the molecule is Cn1ccnc1C(=O)c1ccc(N2CCCC[C@@H]2CCNS(C)(=O)=O)c([N+](=O)[O-])c1. The number of ketones is 1. The molecule has 1 aliphatic heterocycles. The molecule has 0 unspecified atom stereocenters. The Hall–Kier alpha value is -2.79. The Morgan fingerprint density at radius 1 is 1.37 bits per heavy atom.